The van der Waals surface area contributed by atoms with Crippen molar-refractivity contribution in [3.05, 3.63) is 95.6 Å². The first kappa shape index (κ1) is 25.1. The third kappa shape index (κ3) is 7.02. The first-order valence-corrected chi connectivity index (χ1v) is 11.6. The number of hydrogen-bond acceptors (Lipinski definition) is 6. The highest BCUT2D eigenvalue weighted by molar-refractivity contribution is 5.27. The van der Waals surface area contributed by atoms with E-state index in [9.17, 15) is 4.39 Å². The lowest BCUT2D eigenvalue weighted by atomic mass is 10.0. The highest BCUT2D eigenvalue weighted by Gasteiger charge is 2.43. The van der Waals surface area contributed by atoms with Crippen molar-refractivity contribution in [2.24, 2.45) is 0 Å². The van der Waals surface area contributed by atoms with Crippen LogP contribution in [-0.4, -0.2) is 45.5 Å². The summed E-state index contributed by atoms with van der Waals surface area (Å²) in [6, 6.07) is 24.8. The summed E-state index contributed by atoms with van der Waals surface area (Å²) < 4.78 is 49.1. The molecular formula is C28H31FO6. The Kier molecular flexibility index (Phi) is 9.08. The van der Waals surface area contributed by atoms with Gasteiger partial charge in [0.1, 0.15) is 29.8 Å². The smallest absolute Gasteiger partial charge is 0.228 e. The van der Waals surface area contributed by atoms with E-state index < -0.39 is 24.7 Å². The minimum Gasteiger partial charge on any atom is -0.497 e. The number of halogens is 1. The number of hydrogen-bond donors (Lipinski definition) is 0. The molecular weight excluding hydrogens is 451 g/mol. The van der Waals surface area contributed by atoms with Crippen molar-refractivity contribution in [2.45, 2.75) is 44.5 Å². The number of benzene rings is 3. The van der Waals surface area contributed by atoms with Crippen LogP contribution in [0.2, 0.25) is 0 Å². The van der Waals surface area contributed by atoms with E-state index in [1.54, 1.807) is 14.2 Å². The maximum Gasteiger partial charge on any atom is 0.228 e. The molecule has 0 N–H and O–H groups in total. The van der Waals surface area contributed by atoms with E-state index in [2.05, 4.69) is 0 Å². The molecule has 0 saturated carbocycles. The predicted octanol–water partition coefficient (Wildman–Crippen LogP) is 5.09. The minimum absolute atomic E-state index is 0.0731. The highest BCUT2D eigenvalue weighted by atomic mass is 19.1. The normalized spacial score (nSPS) is 22.0. The average Bonchev–Trinajstić information content (AvgIpc) is 2.92. The third-order valence-corrected chi connectivity index (χ3v) is 5.88. The number of ether oxygens (including phenoxy) is 6. The Morgan fingerprint density at radius 2 is 1.14 bits per heavy atom. The minimum atomic E-state index is -1.63. The zero-order valence-corrected chi connectivity index (χ0v) is 20.0. The molecule has 0 aliphatic carbocycles. The molecule has 1 saturated heterocycles. The van der Waals surface area contributed by atoms with E-state index in [-0.39, 0.29) is 19.8 Å². The van der Waals surface area contributed by atoms with E-state index in [1.807, 2.05) is 78.9 Å². The first-order valence-electron chi connectivity index (χ1n) is 11.6. The Labute approximate surface area is 205 Å². The van der Waals surface area contributed by atoms with Crippen molar-refractivity contribution in [1.29, 1.82) is 0 Å². The monoisotopic (exact) mass is 482 g/mol. The summed E-state index contributed by atoms with van der Waals surface area (Å²) in [7, 11) is 3.23. The maximum atomic E-state index is 15.0. The Morgan fingerprint density at radius 1 is 0.657 bits per heavy atom. The molecule has 1 heterocycles. The van der Waals surface area contributed by atoms with Gasteiger partial charge in [0.05, 0.1) is 40.6 Å². The summed E-state index contributed by atoms with van der Waals surface area (Å²) >= 11 is 0. The lowest BCUT2D eigenvalue weighted by Gasteiger charge is -2.39. The fraction of sp³-hybridized carbons (Fsp3) is 0.357. The van der Waals surface area contributed by atoms with Crippen LogP contribution >= 0.6 is 0 Å². The van der Waals surface area contributed by atoms with Crippen LogP contribution in [0, 0.1) is 0 Å². The molecule has 3 aromatic rings. The van der Waals surface area contributed by atoms with Gasteiger partial charge in [0.2, 0.25) is 6.36 Å². The summed E-state index contributed by atoms with van der Waals surface area (Å²) in [5.41, 5.74) is 2.84. The molecule has 3 aromatic carbocycles. The topological polar surface area (TPSA) is 55.4 Å². The van der Waals surface area contributed by atoms with Gasteiger partial charge in [-0.1, -0.05) is 54.6 Å². The van der Waals surface area contributed by atoms with Gasteiger partial charge in [-0.05, 0) is 41.0 Å². The molecule has 4 atom stereocenters. The predicted molar refractivity (Wildman–Crippen MR) is 129 cm³/mol. The number of alkyl halides is 1. The SMILES string of the molecule is COc1ccc(CO[C@H]2[C@H](OCc3ccccc3)COC(F)[C@@H]2OCc2ccc(OC)cc2)cc1. The molecule has 186 valence electrons. The van der Waals surface area contributed by atoms with E-state index in [4.69, 9.17) is 28.4 Å². The Balaban J connectivity index is 1.46. The van der Waals surface area contributed by atoms with Gasteiger partial charge in [0.15, 0.2) is 0 Å². The van der Waals surface area contributed by atoms with Gasteiger partial charge in [0.25, 0.3) is 0 Å². The highest BCUT2D eigenvalue weighted by Crippen LogP contribution is 2.27. The van der Waals surface area contributed by atoms with Crippen LogP contribution < -0.4 is 9.47 Å². The Morgan fingerprint density at radius 3 is 1.69 bits per heavy atom. The van der Waals surface area contributed by atoms with Gasteiger partial charge in [-0.15, -0.1) is 0 Å². The summed E-state index contributed by atoms with van der Waals surface area (Å²) in [6.45, 7) is 0.907. The molecule has 1 aliphatic rings. The summed E-state index contributed by atoms with van der Waals surface area (Å²) in [5, 5.41) is 0. The molecule has 7 heteroatoms. The number of methoxy groups -OCH3 is 2. The molecule has 4 rings (SSSR count). The summed E-state index contributed by atoms with van der Waals surface area (Å²) in [6.07, 6.45) is -3.75. The average molecular weight is 483 g/mol. The molecule has 0 radical (unpaired) electrons. The standard InChI is InChI=1S/C28H31FO6/c1-30-23-12-8-21(9-13-23)17-33-26-25(32-16-20-6-4-3-5-7-20)19-35-28(29)27(26)34-18-22-10-14-24(31-2)15-11-22/h3-15,25-28H,16-19H2,1-2H3/t25-,26+,27-,28?/m1/s1. The molecule has 0 bridgehead atoms. The summed E-state index contributed by atoms with van der Waals surface area (Å²) in [5.74, 6) is 1.50. The van der Waals surface area contributed by atoms with Gasteiger partial charge < -0.3 is 28.4 Å². The van der Waals surface area contributed by atoms with Crippen molar-refractivity contribution >= 4 is 0 Å². The van der Waals surface area contributed by atoms with Crippen LogP contribution in [0.25, 0.3) is 0 Å². The van der Waals surface area contributed by atoms with Crippen molar-refractivity contribution < 1.29 is 32.8 Å². The lowest BCUT2D eigenvalue weighted by Crippen LogP contribution is -2.54. The lowest BCUT2D eigenvalue weighted by molar-refractivity contribution is -0.266. The molecule has 1 unspecified atom stereocenters. The van der Waals surface area contributed by atoms with E-state index in [0.717, 1.165) is 28.2 Å². The van der Waals surface area contributed by atoms with Crippen molar-refractivity contribution in [2.75, 3.05) is 20.8 Å². The van der Waals surface area contributed by atoms with Crippen LogP contribution in [0.3, 0.4) is 0 Å². The van der Waals surface area contributed by atoms with E-state index >= 15 is 0 Å². The molecule has 1 aliphatic heterocycles. The Bertz CT molecular complexity index is 1010. The van der Waals surface area contributed by atoms with Gasteiger partial charge in [-0.3, -0.25) is 0 Å². The van der Waals surface area contributed by atoms with Crippen LogP contribution in [0.1, 0.15) is 16.7 Å². The molecule has 1 fully saturated rings. The fourth-order valence-corrected chi connectivity index (χ4v) is 3.86. The second kappa shape index (κ2) is 12.7. The second-order valence-corrected chi connectivity index (χ2v) is 8.27. The first-order chi connectivity index (χ1) is 17.2. The van der Waals surface area contributed by atoms with E-state index in [1.165, 1.54) is 0 Å². The van der Waals surface area contributed by atoms with Gasteiger partial charge in [-0.2, -0.15) is 0 Å². The fourth-order valence-electron chi connectivity index (χ4n) is 3.86. The molecule has 0 aromatic heterocycles. The Hall–Kier alpha value is -2.97. The van der Waals surface area contributed by atoms with E-state index in [0.29, 0.717) is 6.61 Å². The van der Waals surface area contributed by atoms with Crippen LogP contribution in [0.15, 0.2) is 78.9 Å². The summed E-state index contributed by atoms with van der Waals surface area (Å²) in [4.78, 5) is 0. The molecule has 0 spiro atoms. The maximum absolute atomic E-state index is 15.0. The van der Waals surface area contributed by atoms with Crippen molar-refractivity contribution in [3.8, 4) is 11.5 Å². The zero-order chi connectivity index (χ0) is 24.5. The van der Waals surface area contributed by atoms with Crippen LogP contribution in [-0.2, 0) is 38.8 Å². The third-order valence-electron chi connectivity index (χ3n) is 5.88. The van der Waals surface area contributed by atoms with Crippen molar-refractivity contribution in [3.63, 3.8) is 0 Å². The van der Waals surface area contributed by atoms with Crippen LogP contribution in [0.4, 0.5) is 4.39 Å². The number of rotatable bonds is 11. The zero-order valence-electron chi connectivity index (χ0n) is 20.0. The van der Waals surface area contributed by atoms with Gasteiger partial charge in [-0.25, -0.2) is 4.39 Å². The molecule has 0 amide bonds. The second-order valence-electron chi connectivity index (χ2n) is 8.27. The van der Waals surface area contributed by atoms with Crippen molar-refractivity contribution in [1.82, 2.24) is 0 Å². The van der Waals surface area contributed by atoms with Gasteiger partial charge in [0, 0.05) is 0 Å². The van der Waals surface area contributed by atoms with Gasteiger partial charge >= 0.3 is 0 Å². The molecule has 35 heavy (non-hydrogen) atoms. The van der Waals surface area contributed by atoms with Crippen LogP contribution in [0.5, 0.6) is 11.5 Å². The molecule has 6 nitrogen and oxygen atoms in total. The quantitative estimate of drug-likeness (QED) is 0.380. The largest absolute Gasteiger partial charge is 0.497 e.